The molecule has 0 aliphatic rings. The summed E-state index contributed by atoms with van der Waals surface area (Å²) in [5.41, 5.74) is 1.18. The Hall–Kier alpha value is -4.65. The van der Waals surface area contributed by atoms with Gasteiger partial charge in [0.25, 0.3) is 15.7 Å². The van der Waals surface area contributed by atoms with Gasteiger partial charge in [-0.2, -0.15) is 0 Å². The number of nitro groups is 1. The summed E-state index contributed by atoms with van der Waals surface area (Å²) < 4.78 is 35.2. The van der Waals surface area contributed by atoms with E-state index in [1.165, 1.54) is 49.3 Å². The van der Waals surface area contributed by atoms with E-state index in [0.717, 1.165) is 15.9 Å². The van der Waals surface area contributed by atoms with Gasteiger partial charge < -0.3 is 15.0 Å². The zero-order chi connectivity index (χ0) is 36.6. The van der Waals surface area contributed by atoms with Crippen LogP contribution in [-0.4, -0.2) is 55.8 Å². The number of rotatable bonds is 15. The molecule has 4 aromatic rings. The molecule has 4 rings (SSSR count). The smallest absolute Gasteiger partial charge is 0.273 e. The van der Waals surface area contributed by atoms with Crippen LogP contribution in [0.5, 0.6) is 5.75 Å². The largest absolute Gasteiger partial charge is 0.495 e. The molecule has 1 N–H and O–H groups in total. The van der Waals surface area contributed by atoms with Crippen molar-refractivity contribution in [3.05, 3.63) is 128 Å². The lowest BCUT2D eigenvalue weighted by Crippen LogP contribution is -2.54. The van der Waals surface area contributed by atoms with Gasteiger partial charge in [-0.25, -0.2) is 8.42 Å². The minimum atomic E-state index is -4.69. The van der Waals surface area contributed by atoms with E-state index < -0.39 is 49.9 Å². The molecule has 0 fully saturated rings. The third-order valence-electron chi connectivity index (χ3n) is 8.19. The summed E-state index contributed by atoms with van der Waals surface area (Å²) >= 11 is 12.5. The molecule has 2 amide bonds. The molecule has 11 nitrogen and oxygen atoms in total. The number of nitrogens with zero attached hydrogens (tertiary/aromatic N) is 3. The second kappa shape index (κ2) is 16.8. The lowest BCUT2D eigenvalue weighted by Gasteiger charge is -2.34. The van der Waals surface area contributed by atoms with Crippen LogP contribution in [-0.2, 0) is 32.6 Å². The van der Waals surface area contributed by atoms with Gasteiger partial charge >= 0.3 is 0 Å². The third kappa shape index (κ3) is 9.32. The molecule has 2 unspecified atom stereocenters. The topological polar surface area (TPSA) is 139 Å². The van der Waals surface area contributed by atoms with Crippen molar-refractivity contribution in [1.82, 2.24) is 10.2 Å². The fourth-order valence-corrected chi connectivity index (χ4v) is 6.96. The number of nitro benzene ring substituents is 1. The first-order chi connectivity index (χ1) is 23.7. The van der Waals surface area contributed by atoms with Crippen LogP contribution in [0.15, 0.2) is 95.9 Å². The van der Waals surface area contributed by atoms with Crippen molar-refractivity contribution in [3.8, 4) is 5.75 Å². The fraction of sp³-hybridized carbons (Fsp3) is 0.278. The van der Waals surface area contributed by atoms with Crippen molar-refractivity contribution in [2.45, 2.75) is 57.1 Å². The zero-order valence-electron chi connectivity index (χ0n) is 28.0. The van der Waals surface area contributed by atoms with E-state index in [1.807, 2.05) is 44.2 Å². The summed E-state index contributed by atoms with van der Waals surface area (Å²) in [6.45, 7) is 4.38. The summed E-state index contributed by atoms with van der Waals surface area (Å²) in [4.78, 5) is 40.7. The lowest BCUT2D eigenvalue weighted by molar-refractivity contribution is -0.385. The number of hydrogen-bond donors (Lipinski definition) is 1. The second-order valence-corrected chi connectivity index (χ2v) is 14.4. The van der Waals surface area contributed by atoms with Gasteiger partial charge in [-0.15, -0.1) is 0 Å². The maximum absolute atomic E-state index is 14.7. The number of carbonyl (C=O) groups excluding carboxylic acids is 2. The van der Waals surface area contributed by atoms with E-state index in [-0.39, 0.29) is 41.0 Å². The van der Waals surface area contributed by atoms with Gasteiger partial charge in [0.2, 0.25) is 11.8 Å². The molecule has 0 radical (unpaired) electrons. The van der Waals surface area contributed by atoms with Crippen LogP contribution in [0, 0.1) is 17.0 Å². The number of halogens is 2. The lowest BCUT2D eigenvalue weighted by atomic mass is 10.0. The number of sulfonamides is 1. The Balaban J connectivity index is 1.89. The van der Waals surface area contributed by atoms with Crippen LogP contribution in [0.1, 0.15) is 37.0 Å². The molecule has 2 atom stereocenters. The molecular weight excluding hydrogens is 703 g/mol. The van der Waals surface area contributed by atoms with E-state index in [1.54, 1.807) is 24.3 Å². The van der Waals surface area contributed by atoms with Crippen molar-refractivity contribution in [2.75, 3.05) is 18.0 Å². The predicted octanol–water partition coefficient (Wildman–Crippen LogP) is 6.97. The SMILES string of the molecule is CCC(C)NC(=O)C(Cc1ccccc1)N(Cc1ccc(Cl)cc1)C(=O)CN(c1cc(Cl)ccc1OC)S(=O)(=O)c1ccc(C)c([N+](=O)[O-])c1. The van der Waals surface area contributed by atoms with Gasteiger partial charge in [0.1, 0.15) is 18.3 Å². The highest BCUT2D eigenvalue weighted by atomic mass is 35.5. The van der Waals surface area contributed by atoms with Gasteiger partial charge in [-0.1, -0.05) is 78.7 Å². The van der Waals surface area contributed by atoms with Gasteiger partial charge in [0.05, 0.1) is 22.6 Å². The number of amides is 2. The van der Waals surface area contributed by atoms with E-state index in [4.69, 9.17) is 27.9 Å². The molecule has 0 aromatic heterocycles. The molecule has 0 spiro atoms. The molecule has 264 valence electrons. The second-order valence-electron chi connectivity index (χ2n) is 11.7. The summed E-state index contributed by atoms with van der Waals surface area (Å²) in [5, 5.41) is 15.4. The minimum absolute atomic E-state index is 0.0714. The number of nitrogens with one attached hydrogen (secondary N) is 1. The van der Waals surface area contributed by atoms with Crippen molar-refractivity contribution in [3.63, 3.8) is 0 Å². The number of carbonyl (C=O) groups is 2. The van der Waals surface area contributed by atoms with Crippen LogP contribution in [0.25, 0.3) is 0 Å². The minimum Gasteiger partial charge on any atom is -0.495 e. The van der Waals surface area contributed by atoms with Crippen LogP contribution in [0.4, 0.5) is 11.4 Å². The zero-order valence-corrected chi connectivity index (χ0v) is 30.3. The van der Waals surface area contributed by atoms with Crippen LogP contribution in [0.3, 0.4) is 0 Å². The van der Waals surface area contributed by atoms with Crippen LogP contribution in [0.2, 0.25) is 10.0 Å². The highest BCUT2D eigenvalue weighted by Crippen LogP contribution is 2.36. The average molecular weight is 742 g/mol. The summed E-state index contributed by atoms with van der Waals surface area (Å²) in [6.07, 6.45) is 0.762. The Labute approximate surface area is 302 Å². The number of ether oxygens (including phenoxy) is 1. The third-order valence-corrected chi connectivity index (χ3v) is 10.4. The quantitative estimate of drug-likeness (QED) is 0.103. The molecule has 0 saturated carbocycles. The van der Waals surface area contributed by atoms with Crippen molar-refractivity contribution >= 4 is 56.4 Å². The maximum Gasteiger partial charge on any atom is 0.273 e. The Morgan fingerprint density at radius 3 is 2.22 bits per heavy atom. The molecule has 14 heteroatoms. The van der Waals surface area contributed by atoms with Crippen LogP contribution < -0.4 is 14.4 Å². The van der Waals surface area contributed by atoms with Crippen molar-refractivity contribution in [1.29, 1.82) is 0 Å². The Morgan fingerprint density at radius 2 is 1.60 bits per heavy atom. The summed E-state index contributed by atoms with van der Waals surface area (Å²) in [7, 11) is -3.35. The molecule has 0 aliphatic heterocycles. The van der Waals surface area contributed by atoms with E-state index in [2.05, 4.69) is 5.32 Å². The van der Waals surface area contributed by atoms with Gasteiger partial charge in [0.15, 0.2) is 0 Å². The van der Waals surface area contributed by atoms with Crippen LogP contribution >= 0.6 is 23.2 Å². The van der Waals surface area contributed by atoms with Gasteiger partial charge in [-0.05, 0) is 67.8 Å². The molecule has 0 saturated heterocycles. The Morgan fingerprint density at radius 1 is 0.940 bits per heavy atom. The maximum atomic E-state index is 14.7. The molecule has 0 bridgehead atoms. The highest BCUT2D eigenvalue weighted by Gasteiger charge is 2.36. The standard InChI is InChI=1S/C36H38Cl2N4O7S/c1-5-25(3)39-36(44)33(19-26-9-7-6-8-10-26)40(22-27-12-14-28(37)15-13-27)35(43)23-41(32-20-29(38)16-18-34(32)49-4)50(47,48)30-17-11-24(2)31(21-30)42(45)46/h6-18,20-21,25,33H,5,19,22-23H2,1-4H3,(H,39,44). The normalized spacial score (nSPS) is 12.4. The number of hydrogen-bond acceptors (Lipinski definition) is 7. The van der Waals surface area contributed by atoms with E-state index in [9.17, 15) is 28.1 Å². The Bertz CT molecular complexity index is 1940. The number of anilines is 1. The first-order valence-electron chi connectivity index (χ1n) is 15.7. The van der Waals surface area contributed by atoms with Gasteiger partial charge in [0, 0.05) is 40.7 Å². The Kier molecular flexibility index (Phi) is 12.9. The van der Waals surface area contributed by atoms with Crippen molar-refractivity contribution < 1.29 is 27.7 Å². The highest BCUT2D eigenvalue weighted by molar-refractivity contribution is 7.92. The summed E-state index contributed by atoms with van der Waals surface area (Å²) in [6, 6.07) is 22.4. The first-order valence-corrected chi connectivity index (χ1v) is 17.9. The predicted molar refractivity (Wildman–Crippen MR) is 194 cm³/mol. The number of aryl methyl sites for hydroxylation is 1. The molecule has 0 aliphatic carbocycles. The first kappa shape index (κ1) is 38.2. The molecule has 0 heterocycles. The molecular formula is C36H38Cl2N4O7S. The monoisotopic (exact) mass is 740 g/mol. The molecule has 4 aromatic carbocycles. The summed E-state index contributed by atoms with van der Waals surface area (Å²) in [5.74, 6) is -1.08. The molecule has 50 heavy (non-hydrogen) atoms. The fourth-order valence-electron chi connectivity index (χ4n) is 5.23. The van der Waals surface area contributed by atoms with Crippen molar-refractivity contribution in [2.24, 2.45) is 0 Å². The number of benzene rings is 4. The van der Waals surface area contributed by atoms with Gasteiger partial charge in [-0.3, -0.25) is 24.0 Å². The number of methoxy groups -OCH3 is 1. The van der Waals surface area contributed by atoms with E-state index in [0.29, 0.717) is 17.0 Å². The average Bonchev–Trinajstić information content (AvgIpc) is 3.09. The van der Waals surface area contributed by atoms with E-state index >= 15 is 0 Å².